The summed E-state index contributed by atoms with van der Waals surface area (Å²) in [5, 5.41) is 0. The molecule has 0 aliphatic carbocycles. The molecule has 0 bridgehead atoms. The van der Waals surface area contributed by atoms with Gasteiger partial charge in [0.05, 0.1) is 16.4 Å². The molecule has 1 aromatic carbocycles. The maximum absolute atomic E-state index is 12.5. The standard InChI is InChI=1S/C8H8F2O4S2/c9-7-1-3-8(4-2-7)15(11,12)5-6-16(10,13)14/h1-4H,5-6H2. The Bertz CT molecular complexity index is 561. The van der Waals surface area contributed by atoms with Crippen LogP contribution >= 0.6 is 0 Å². The third-order valence-electron chi connectivity index (χ3n) is 1.77. The zero-order chi connectivity index (χ0) is 12.4. The summed E-state index contributed by atoms with van der Waals surface area (Å²) in [5.41, 5.74) is 0. The number of hydrogen-bond acceptors (Lipinski definition) is 4. The summed E-state index contributed by atoms with van der Waals surface area (Å²) in [4.78, 5) is -0.238. The van der Waals surface area contributed by atoms with Gasteiger partial charge in [0.25, 0.3) is 0 Å². The third kappa shape index (κ3) is 3.86. The highest BCUT2D eigenvalue weighted by molar-refractivity contribution is 7.93. The number of hydrogen-bond donors (Lipinski definition) is 0. The summed E-state index contributed by atoms with van der Waals surface area (Å²) in [5.74, 6) is -2.58. The van der Waals surface area contributed by atoms with Crippen LogP contribution in [0.3, 0.4) is 0 Å². The molecule has 90 valence electrons. The molecule has 8 heteroatoms. The second-order valence-electron chi connectivity index (χ2n) is 3.02. The third-order valence-corrected chi connectivity index (χ3v) is 4.45. The van der Waals surface area contributed by atoms with Crippen LogP contribution in [-0.2, 0) is 20.1 Å². The first-order chi connectivity index (χ1) is 7.21. The number of sulfone groups is 1. The molecule has 0 saturated heterocycles. The van der Waals surface area contributed by atoms with Crippen molar-refractivity contribution in [1.82, 2.24) is 0 Å². The highest BCUT2D eigenvalue weighted by Gasteiger charge is 2.19. The summed E-state index contributed by atoms with van der Waals surface area (Å²) >= 11 is 0. The molecule has 0 aliphatic rings. The molecule has 0 heterocycles. The first-order valence-electron chi connectivity index (χ1n) is 4.11. The van der Waals surface area contributed by atoms with E-state index in [0.717, 1.165) is 24.3 Å². The molecule has 16 heavy (non-hydrogen) atoms. The lowest BCUT2D eigenvalue weighted by Crippen LogP contribution is -2.14. The van der Waals surface area contributed by atoms with Crippen LogP contribution in [0.15, 0.2) is 29.2 Å². The number of benzene rings is 1. The predicted molar refractivity (Wildman–Crippen MR) is 53.3 cm³/mol. The molecule has 0 atom stereocenters. The van der Waals surface area contributed by atoms with Crippen LogP contribution < -0.4 is 0 Å². The van der Waals surface area contributed by atoms with Gasteiger partial charge in [0.2, 0.25) is 0 Å². The van der Waals surface area contributed by atoms with Crippen LogP contribution in [0.4, 0.5) is 8.28 Å². The Balaban J connectivity index is 2.91. The predicted octanol–water partition coefficient (Wildman–Crippen LogP) is 0.899. The van der Waals surface area contributed by atoms with Gasteiger partial charge >= 0.3 is 10.2 Å². The van der Waals surface area contributed by atoms with E-state index in [9.17, 15) is 25.1 Å². The van der Waals surface area contributed by atoms with Gasteiger partial charge in [-0.1, -0.05) is 0 Å². The Morgan fingerprint density at radius 1 is 0.938 bits per heavy atom. The van der Waals surface area contributed by atoms with Gasteiger partial charge in [0, 0.05) is 0 Å². The van der Waals surface area contributed by atoms with Crippen molar-refractivity contribution >= 4 is 20.1 Å². The summed E-state index contributed by atoms with van der Waals surface area (Å²) in [6, 6.07) is 3.85. The van der Waals surface area contributed by atoms with E-state index < -0.39 is 37.4 Å². The highest BCUT2D eigenvalue weighted by atomic mass is 32.3. The molecule has 0 amide bonds. The Hall–Kier alpha value is -1.02. The molecule has 0 aliphatic heterocycles. The molecular formula is C8H8F2O4S2. The largest absolute Gasteiger partial charge is 0.303 e. The topological polar surface area (TPSA) is 68.3 Å². The van der Waals surface area contributed by atoms with Gasteiger partial charge in [0.1, 0.15) is 5.82 Å². The van der Waals surface area contributed by atoms with E-state index in [1.165, 1.54) is 0 Å². The Morgan fingerprint density at radius 2 is 1.44 bits per heavy atom. The van der Waals surface area contributed by atoms with E-state index in [1.54, 1.807) is 0 Å². The van der Waals surface area contributed by atoms with Gasteiger partial charge in [-0.25, -0.2) is 12.8 Å². The molecule has 0 radical (unpaired) electrons. The van der Waals surface area contributed by atoms with Crippen molar-refractivity contribution in [2.75, 3.05) is 11.5 Å². The first kappa shape index (κ1) is 13.0. The van der Waals surface area contributed by atoms with Crippen LogP contribution in [0.1, 0.15) is 0 Å². The van der Waals surface area contributed by atoms with Gasteiger partial charge in [0.15, 0.2) is 9.84 Å². The van der Waals surface area contributed by atoms with E-state index >= 15 is 0 Å². The number of halogens is 2. The van der Waals surface area contributed by atoms with E-state index in [4.69, 9.17) is 0 Å². The van der Waals surface area contributed by atoms with Gasteiger partial charge < -0.3 is 0 Å². The minimum Gasteiger partial charge on any atom is -0.224 e. The van der Waals surface area contributed by atoms with Gasteiger partial charge in [-0.05, 0) is 24.3 Å². The van der Waals surface area contributed by atoms with Crippen molar-refractivity contribution in [3.63, 3.8) is 0 Å². The monoisotopic (exact) mass is 270 g/mol. The summed E-state index contributed by atoms with van der Waals surface area (Å²) in [6.07, 6.45) is 0. The molecule has 0 unspecified atom stereocenters. The summed E-state index contributed by atoms with van der Waals surface area (Å²) < 4.78 is 67.9. The van der Waals surface area contributed by atoms with Crippen LogP contribution in [-0.4, -0.2) is 28.3 Å². The van der Waals surface area contributed by atoms with E-state index in [2.05, 4.69) is 0 Å². The smallest absolute Gasteiger partial charge is 0.224 e. The quantitative estimate of drug-likeness (QED) is 0.602. The van der Waals surface area contributed by atoms with E-state index in [0.29, 0.717) is 0 Å². The number of rotatable bonds is 4. The van der Waals surface area contributed by atoms with Gasteiger partial charge in [-0.2, -0.15) is 8.42 Å². The maximum atomic E-state index is 12.5. The van der Waals surface area contributed by atoms with Gasteiger partial charge in [-0.3, -0.25) is 0 Å². The van der Waals surface area contributed by atoms with Crippen LogP contribution in [0.25, 0.3) is 0 Å². The fourth-order valence-electron chi connectivity index (χ4n) is 0.969. The van der Waals surface area contributed by atoms with Crippen LogP contribution in [0.5, 0.6) is 0 Å². The highest BCUT2D eigenvalue weighted by Crippen LogP contribution is 2.12. The average molecular weight is 270 g/mol. The molecule has 0 saturated carbocycles. The lowest BCUT2D eigenvalue weighted by Gasteiger charge is -2.02. The second kappa shape index (κ2) is 4.46. The summed E-state index contributed by atoms with van der Waals surface area (Å²) in [6.45, 7) is 0. The van der Waals surface area contributed by atoms with E-state index in [-0.39, 0.29) is 4.90 Å². The molecule has 0 aromatic heterocycles. The molecule has 4 nitrogen and oxygen atoms in total. The van der Waals surface area contributed by atoms with Crippen molar-refractivity contribution < 1.29 is 25.1 Å². The maximum Gasteiger partial charge on any atom is 0.303 e. The van der Waals surface area contributed by atoms with Crippen LogP contribution in [0, 0.1) is 5.82 Å². The molecule has 1 aromatic rings. The molecular weight excluding hydrogens is 262 g/mol. The van der Waals surface area contributed by atoms with Crippen molar-refractivity contribution in [2.45, 2.75) is 4.90 Å². The van der Waals surface area contributed by atoms with Crippen molar-refractivity contribution in [2.24, 2.45) is 0 Å². The fraction of sp³-hybridized carbons (Fsp3) is 0.250. The molecule has 1 rings (SSSR count). The van der Waals surface area contributed by atoms with Crippen molar-refractivity contribution in [3.8, 4) is 0 Å². The Labute approximate surface area is 92.0 Å². The fourth-order valence-corrected chi connectivity index (χ4v) is 3.43. The normalized spacial score (nSPS) is 12.6. The average Bonchev–Trinajstić information content (AvgIpc) is 2.15. The lowest BCUT2D eigenvalue weighted by atomic mass is 10.4. The minimum absolute atomic E-state index is 0.238. The Kier molecular flexibility index (Phi) is 3.64. The molecule has 0 spiro atoms. The zero-order valence-corrected chi connectivity index (χ0v) is 9.56. The molecule has 0 fully saturated rings. The second-order valence-corrected chi connectivity index (χ2v) is 6.61. The summed E-state index contributed by atoms with van der Waals surface area (Å²) in [7, 11) is -8.72. The first-order valence-corrected chi connectivity index (χ1v) is 7.32. The lowest BCUT2D eigenvalue weighted by molar-refractivity contribution is 0.551. The van der Waals surface area contributed by atoms with Crippen molar-refractivity contribution in [1.29, 1.82) is 0 Å². The van der Waals surface area contributed by atoms with E-state index in [1.807, 2.05) is 0 Å². The van der Waals surface area contributed by atoms with Crippen molar-refractivity contribution in [3.05, 3.63) is 30.1 Å². The minimum atomic E-state index is -4.83. The SMILES string of the molecule is O=S(=O)(F)CCS(=O)(=O)c1ccc(F)cc1. The van der Waals surface area contributed by atoms with Crippen LogP contribution in [0.2, 0.25) is 0 Å². The Morgan fingerprint density at radius 3 is 1.88 bits per heavy atom. The molecule has 0 N–H and O–H groups in total. The zero-order valence-electron chi connectivity index (χ0n) is 7.93. The van der Waals surface area contributed by atoms with Gasteiger partial charge in [-0.15, -0.1) is 3.89 Å².